The Morgan fingerprint density at radius 1 is 1.13 bits per heavy atom. The van der Waals surface area contributed by atoms with Gasteiger partial charge in [0.1, 0.15) is 11.5 Å². The van der Waals surface area contributed by atoms with Crippen LogP contribution < -0.4 is 15.0 Å². The van der Waals surface area contributed by atoms with Crippen molar-refractivity contribution in [1.29, 1.82) is 0 Å². The molecule has 0 aliphatic carbocycles. The summed E-state index contributed by atoms with van der Waals surface area (Å²) in [5.74, 6) is 1.60. The van der Waals surface area contributed by atoms with Crippen molar-refractivity contribution in [3.63, 3.8) is 0 Å². The topological polar surface area (TPSA) is 39.7 Å². The molecule has 0 aliphatic rings. The normalized spacial score (nSPS) is 10.1. The molecule has 0 aliphatic heterocycles. The van der Waals surface area contributed by atoms with Crippen LogP contribution in [0.4, 0.5) is 0 Å². The number of aryl methyl sites for hydroxylation is 1. The summed E-state index contributed by atoms with van der Waals surface area (Å²) in [7, 11) is 4.87. The van der Waals surface area contributed by atoms with Gasteiger partial charge in [-0.05, 0) is 18.6 Å². The van der Waals surface area contributed by atoms with Gasteiger partial charge in [-0.15, -0.1) is 0 Å². The van der Waals surface area contributed by atoms with Crippen LogP contribution in [0, 0.1) is 6.92 Å². The van der Waals surface area contributed by atoms with Crippen molar-refractivity contribution in [3.05, 3.63) is 23.3 Å². The van der Waals surface area contributed by atoms with Crippen molar-refractivity contribution in [2.24, 2.45) is 0 Å². The van der Waals surface area contributed by atoms with E-state index in [2.05, 4.69) is 5.48 Å². The zero-order chi connectivity index (χ0) is 11.3. The minimum absolute atomic E-state index is 0.607. The molecule has 1 N–H and O–H groups in total. The summed E-state index contributed by atoms with van der Waals surface area (Å²) in [6, 6.07) is 3.83. The number of hydroxylamine groups is 1. The molecule has 0 aromatic heterocycles. The average Bonchev–Trinajstić information content (AvgIpc) is 2.26. The highest BCUT2D eigenvalue weighted by molar-refractivity contribution is 5.46. The molecule has 15 heavy (non-hydrogen) atoms. The average molecular weight is 211 g/mol. The Hall–Kier alpha value is -1.26. The molecular formula is C11H17NO3. The first-order valence-electron chi connectivity index (χ1n) is 4.70. The SMILES string of the molecule is CONCc1c(C)cc(OC)cc1OC. The monoisotopic (exact) mass is 211 g/mol. The fraction of sp³-hybridized carbons (Fsp3) is 0.455. The van der Waals surface area contributed by atoms with Crippen molar-refractivity contribution in [2.45, 2.75) is 13.5 Å². The Bertz CT molecular complexity index is 326. The lowest BCUT2D eigenvalue weighted by Gasteiger charge is -2.13. The van der Waals surface area contributed by atoms with E-state index < -0.39 is 0 Å². The third kappa shape index (κ3) is 2.84. The van der Waals surface area contributed by atoms with Gasteiger partial charge in [0.25, 0.3) is 0 Å². The van der Waals surface area contributed by atoms with Gasteiger partial charge in [0.2, 0.25) is 0 Å². The van der Waals surface area contributed by atoms with Crippen molar-refractivity contribution in [3.8, 4) is 11.5 Å². The van der Waals surface area contributed by atoms with Gasteiger partial charge < -0.3 is 14.3 Å². The van der Waals surface area contributed by atoms with Crippen LogP contribution in [0.2, 0.25) is 0 Å². The van der Waals surface area contributed by atoms with E-state index in [1.54, 1.807) is 21.3 Å². The number of ether oxygens (including phenoxy) is 2. The lowest BCUT2D eigenvalue weighted by molar-refractivity contribution is 0.0859. The molecule has 0 atom stereocenters. The maximum absolute atomic E-state index is 5.29. The molecule has 0 saturated carbocycles. The molecule has 1 aromatic carbocycles. The Balaban J connectivity index is 3.01. The number of hydrogen-bond donors (Lipinski definition) is 1. The molecule has 0 saturated heterocycles. The summed E-state index contributed by atoms with van der Waals surface area (Å²) >= 11 is 0. The van der Waals surface area contributed by atoms with Crippen LogP contribution in [0.5, 0.6) is 11.5 Å². The van der Waals surface area contributed by atoms with Gasteiger partial charge in [0.15, 0.2) is 0 Å². The molecule has 84 valence electrons. The predicted molar refractivity (Wildman–Crippen MR) is 58.1 cm³/mol. The van der Waals surface area contributed by atoms with Gasteiger partial charge in [0.05, 0.1) is 21.3 Å². The summed E-state index contributed by atoms with van der Waals surface area (Å²) in [6.07, 6.45) is 0. The van der Waals surface area contributed by atoms with E-state index in [4.69, 9.17) is 14.3 Å². The van der Waals surface area contributed by atoms with Crippen molar-refractivity contribution < 1.29 is 14.3 Å². The zero-order valence-electron chi connectivity index (χ0n) is 9.59. The molecule has 0 heterocycles. The van der Waals surface area contributed by atoms with E-state index in [1.165, 1.54) is 0 Å². The molecule has 0 radical (unpaired) electrons. The second kappa shape index (κ2) is 5.58. The maximum Gasteiger partial charge on any atom is 0.127 e. The first kappa shape index (κ1) is 11.8. The van der Waals surface area contributed by atoms with Crippen LogP contribution in [-0.2, 0) is 11.4 Å². The van der Waals surface area contributed by atoms with Crippen LogP contribution >= 0.6 is 0 Å². The minimum atomic E-state index is 0.607. The molecule has 4 heteroatoms. The van der Waals surface area contributed by atoms with Gasteiger partial charge in [0, 0.05) is 18.2 Å². The fourth-order valence-electron chi connectivity index (χ4n) is 1.42. The number of benzene rings is 1. The van der Waals surface area contributed by atoms with Crippen LogP contribution in [-0.4, -0.2) is 21.3 Å². The van der Waals surface area contributed by atoms with Gasteiger partial charge in [-0.1, -0.05) is 0 Å². The first-order chi connectivity index (χ1) is 7.22. The van der Waals surface area contributed by atoms with E-state index in [0.29, 0.717) is 6.54 Å². The van der Waals surface area contributed by atoms with Crippen LogP contribution in [0.1, 0.15) is 11.1 Å². The van der Waals surface area contributed by atoms with Crippen molar-refractivity contribution >= 4 is 0 Å². The number of rotatable bonds is 5. The summed E-state index contributed by atoms with van der Waals surface area (Å²) in [5, 5.41) is 0. The van der Waals surface area contributed by atoms with Gasteiger partial charge >= 0.3 is 0 Å². The quantitative estimate of drug-likeness (QED) is 0.752. The Labute approximate surface area is 90.1 Å². The molecule has 0 bridgehead atoms. The molecule has 0 fully saturated rings. The van der Waals surface area contributed by atoms with E-state index in [0.717, 1.165) is 22.6 Å². The summed E-state index contributed by atoms with van der Waals surface area (Å²) in [6.45, 7) is 2.62. The smallest absolute Gasteiger partial charge is 0.127 e. The molecule has 0 amide bonds. The van der Waals surface area contributed by atoms with E-state index >= 15 is 0 Å². The zero-order valence-corrected chi connectivity index (χ0v) is 9.59. The minimum Gasteiger partial charge on any atom is -0.497 e. The molecule has 1 rings (SSSR count). The number of methoxy groups -OCH3 is 2. The highest BCUT2D eigenvalue weighted by atomic mass is 16.6. The number of hydrogen-bond acceptors (Lipinski definition) is 4. The Morgan fingerprint density at radius 3 is 2.40 bits per heavy atom. The van der Waals surface area contributed by atoms with Crippen LogP contribution in [0.25, 0.3) is 0 Å². The summed E-state index contributed by atoms with van der Waals surface area (Å²) in [5.41, 5.74) is 4.97. The number of nitrogens with one attached hydrogen (secondary N) is 1. The Morgan fingerprint density at radius 2 is 1.87 bits per heavy atom. The second-order valence-electron chi connectivity index (χ2n) is 3.15. The van der Waals surface area contributed by atoms with E-state index in [-0.39, 0.29) is 0 Å². The summed E-state index contributed by atoms with van der Waals surface area (Å²) < 4.78 is 10.5. The lowest BCUT2D eigenvalue weighted by Crippen LogP contribution is -2.12. The lowest BCUT2D eigenvalue weighted by atomic mass is 10.1. The largest absolute Gasteiger partial charge is 0.497 e. The third-order valence-electron chi connectivity index (χ3n) is 2.25. The standard InChI is InChI=1S/C11H17NO3/c1-8-5-9(13-2)6-11(14-3)10(8)7-12-15-4/h5-6,12H,7H2,1-4H3. The summed E-state index contributed by atoms with van der Waals surface area (Å²) in [4.78, 5) is 4.82. The van der Waals surface area contributed by atoms with Gasteiger partial charge in [-0.25, -0.2) is 0 Å². The first-order valence-corrected chi connectivity index (χ1v) is 4.70. The second-order valence-corrected chi connectivity index (χ2v) is 3.15. The highest BCUT2D eigenvalue weighted by Gasteiger charge is 2.08. The molecule has 0 spiro atoms. The molecule has 0 unspecified atom stereocenters. The van der Waals surface area contributed by atoms with Crippen LogP contribution in [0.3, 0.4) is 0 Å². The van der Waals surface area contributed by atoms with E-state index in [9.17, 15) is 0 Å². The Kier molecular flexibility index (Phi) is 4.39. The predicted octanol–water partition coefficient (Wildman–Crippen LogP) is 1.66. The molecule has 4 nitrogen and oxygen atoms in total. The van der Waals surface area contributed by atoms with E-state index in [1.807, 2.05) is 19.1 Å². The van der Waals surface area contributed by atoms with Gasteiger partial charge in [-0.2, -0.15) is 5.48 Å². The fourth-order valence-corrected chi connectivity index (χ4v) is 1.42. The van der Waals surface area contributed by atoms with Gasteiger partial charge in [-0.3, -0.25) is 0 Å². The molecule has 1 aromatic rings. The maximum atomic E-state index is 5.29. The molecular weight excluding hydrogens is 194 g/mol. The van der Waals surface area contributed by atoms with Crippen molar-refractivity contribution in [2.75, 3.05) is 21.3 Å². The van der Waals surface area contributed by atoms with Crippen LogP contribution in [0.15, 0.2) is 12.1 Å². The highest BCUT2D eigenvalue weighted by Crippen LogP contribution is 2.28. The van der Waals surface area contributed by atoms with Crippen molar-refractivity contribution in [1.82, 2.24) is 5.48 Å². The third-order valence-corrected chi connectivity index (χ3v) is 2.25.